The lowest BCUT2D eigenvalue weighted by atomic mass is 9.72. The van der Waals surface area contributed by atoms with Gasteiger partial charge >= 0.3 is 0 Å². The van der Waals surface area contributed by atoms with Gasteiger partial charge < -0.3 is 20.4 Å². The number of halogens is 4. The van der Waals surface area contributed by atoms with Crippen LogP contribution in [0.2, 0.25) is 0 Å². The number of aliphatic hydroxyl groups is 4. The molecule has 5 aliphatic rings. The Morgan fingerprint density at radius 3 is 1.48 bits per heavy atom. The Balaban J connectivity index is 1.22. The lowest BCUT2D eigenvalue weighted by Crippen LogP contribution is -2.39. The van der Waals surface area contributed by atoms with E-state index in [1.54, 1.807) is 0 Å². The van der Waals surface area contributed by atoms with Crippen LogP contribution in [-0.2, 0) is 0 Å². The van der Waals surface area contributed by atoms with Crippen LogP contribution in [0.5, 0.6) is 0 Å². The highest BCUT2D eigenvalue weighted by molar-refractivity contribution is 14.2. The average Bonchev–Trinajstić information content (AvgIpc) is 3.49. The number of alkyl halides is 4. The largest absolute Gasteiger partial charge is 0.389 e. The second kappa shape index (κ2) is 19.4. The summed E-state index contributed by atoms with van der Waals surface area (Å²) < 4.78 is 3.30. The molecular formula is C42H72I4O4. The van der Waals surface area contributed by atoms with Crippen molar-refractivity contribution >= 4 is 92.5 Å². The first kappa shape index (κ1) is 43.7. The van der Waals surface area contributed by atoms with Crippen LogP contribution in [0.4, 0.5) is 0 Å². The summed E-state index contributed by atoms with van der Waals surface area (Å²) in [7, 11) is 0. The summed E-state index contributed by atoms with van der Waals surface area (Å²) in [5, 5.41) is 47.5. The highest BCUT2D eigenvalue weighted by Crippen LogP contribution is 2.51. The molecule has 0 aromatic heterocycles. The second-order valence-electron chi connectivity index (χ2n) is 19.2. The fraction of sp³-hybridized carbons (Fsp3) is 0.976. The van der Waals surface area contributed by atoms with Crippen LogP contribution in [-0.4, -0.2) is 58.6 Å². The van der Waals surface area contributed by atoms with Crippen molar-refractivity contribution < 1.29 is 20.4 Å². The van der Waals surface area contributed by atoms with Crippen molar-refractivity contribution in [3.05, 3.63) is 0 Å². The van der Waals surface area contributed by atoms with Crippen molar-refractivity contribution in [1.29, 1.82) is 0 Å². The van der Waals surface area contributed by atoms with Crippen LogP contribution in [0.1, 0.15) is 155 Å². The normalized spacial score (nSPS) is 48.9. The van der Waals surface area contributed by atoms with Gasteiger partial charge in [0.05, 0.1) is 16.8 Å². The topological polar surface area (TPSA) is 80.9 Å². The number of hydrogen-bond donors (Lipinski definition) is 4. The number of hydrogen-bond acceptors (Lipinski definition) is 4. The first-order chi connectivity index (χ1) is 23.6. The molecule has 0 spiro atoms. The molecule has 0 aromatic carbocycles. The molecule has 5 aliphatic carbocycles. The van der Waals surface area contributed by atoms with Gasteiger partial charge in [-0.25, -0.2) is 0 Å². The lowest BCUT2D eigenvalue weighted by Gasteiger charge is -2.36. The van der Waals surface area contributed by atoms with Crippen molar-refractivity contribution in [3.63, 3.8) is 0 Å². The molecule has 8 heteroatoms. The molecule has 0 radical (unpaired) electrons. The lowest BCUT2D eigenvalue weighted by molar-refractivity contribution is -0.00559. The van der Waals surface area contributed by atoms with E-state index in [1.165, 1.54) is 77.0 Å². The van der Waals surface area contributed by atoms with Crippen molar-refractivity contribution in [1.82, 2.24) is 0 Å². The highest BCUT2D eigenvalue weighted by Gasteiger charge is 2.46. The van der Waals surface area contributed by atoms with Crippen LogP contribution < -0.4 is 0 Å². The first-order valence-electron chi connectivity index (χ1n) is 20.7. The first-order valence-corrected chi connectivity index (χ1v) is 28.2. The fourth-order valence-corrected chi connectivity index (χ4v) is 16.3. The van der Waals surface area contributed by atoms with Gasteiger partial charge in [0.1, 0.15) is 3.61 Å². The Morgan fingerprint density at radius 1 is 0.520 bits per heavy atom. The van der Waals surface area contributed by atoms with Crippen molar-refractivity contribution in [3.8, 4) is 0 Å². The minimum Gasteiger partial charge on any atom is -0.389 e. The summed E-state index contributed by atoms with van der Waals surface area (Å²) in [6, 6.07) is 0. The van der Waals surface area contributed by atoms with Gasteiger partial charge in [0.2, 0.25) is 0 Å². The number of rotatable bonds is 9. The molecule has 5 saturated carbocycles. The maximum atomic E-state index is 12.1. The molecule has 50 heavy (non-hydrogen) atoms. The maximum absolute atomic E-state index is 12.1. The van der Waals surface area contributed by atoms with E-state index in [9.17, 15) is 20.4 Å². The van der Waals surface area contributed by atoms with E-state index in [4.69, 9.17) is 0 Å². The van der Waals surface area contributed by atoms with Gasteiger partial charge in [-0.3, -0.25) is 0 Å². The molecule has 12 unspecified atom stereocenters. The van der Waals surface area contributed by atoms with Gasteiger partial charge in [-0.15, -0.1) is 20.7 Å². The Kier molecular flexibility index (Phi) is 17.0. The minimum atomic E-state index is -0.649. The summed E-state index contributed by atoms with van der Waals surface area (Å²) in [4.78, 5) is 2.30. The molecule has 0 heterocycles. The molecule has 292 valence electrons. The van der Waals surface area contributed by atoms with Crippen LogP contribution >= 0.6 is 88.5 Å². The smallest absolute Gasteiger partial charge is 0.116 e. The molecule has 0 bridgehead atoms. The van der Waals surface area contributed by atoms with E-state index in [-0.39, 0.29) is 20.7 Å². The second-order valence-corrected chi connectivity index (χ2v) is 24.6. The zero-order chi connectivity index (χ0) is 36.2. The Labute approximate surface area is 357 Å². The summed E-state index contributed by atoms with van der Waals surface area (Å²) >= 11 is 7.13. The molecular weight excluding hydrogens is 1080 g/mol. The molecule has 0 aromatic rings. The molecule has 5 rings (SSSR count). The van der Waals surface area contributed by atoms with Gasteiger partial charge in [0.25, 0.3) is 0 Å². The summed E-state index contributed by atoms with van der Waals surface area (Å²) in [5.74, 6) is 5.96. The SMILES string of the molecule is CI=CC1(O)CC(CCC2CCC(C3CCC(C4CCC(C)CC(O)(I)C4)CC(O)(CI)C3)CC(O)(CI)C2)CCC(C2CCC(C)CC2)C1. The molecule has 5 fully saturated rings. The van der Waals surface area contributed by atoms with Gasteiger partial charge in [-0.2, -0.15) is 0 Å². The molecule has 4 N–H and O–H groups in total. The van der Waals surface area contributed by atoms with Crippen molar-refractivity contribution in [2.75, 3.05) is 13.8 Å². The zero-order valence-electron chi connectivity index (χ0n) is 31.6. The highest BCUT2D eigenvalue weighted by atomic mass is 127. The predicted octanol–water partition coefficient (Wildman–Crippen LogP) is 11.4. The molecule has 12 atom stereocenters. The predicted molar refractivity (Wildman–Crippen MR) is 245 cm³/mol. The minimum absolute atomic E-state index is 0.0621. The Morgan fingerprint density at radius 2 is 0.940 bits per heavy atom. The molecule has 0 aliphatic heterocycles. The zero-order valence-corrected chi connectivity index (χ0v) is 40.3. The van der Waals surface area contributed by atoms with Crippen LogP contribution in [0.25, 0.3) is 0 Å². The van der Waals surface area contributed by atoms with E-state index in [0.29, 0.717) is 47.3 Å². The van der Waals surface area contributed by atoms with E-state index in [0.717, 1.165) is 84.9 Å². The van der Waals surface area contributed by atoms with Gasteiger partial charge in [-0.05, 0) is 187 Å². The maximum Gasteiger partial charge on any atom is 0.116 e. The van der Waals surface area contributed by atoms with Crippen LogP contribution in [0, 0.1) is 59.2 Å². The van der Waals surface area contributed by atoms with Crippen LogP contribution in [0.15, 0.2) is 0 Å². The van der Waals surface area contributed by atoms with E-state index >= 15 is 0 Å². The third kappa shape index (κ3) is 12.6. The van der Waals surface area contributed by atoms with Crippen LogP contribution in [0.3, 0.4) is 0 Å². The molecule has 4 nitrogen and oxygen atoms in total. The summed E-state index contributed by atoms with van der Waals surface area (Å²) in [5.41, 5.74) is -1.83. The Bertz CT molecular complexity index is 1080. The van der Waals surface area contributed by atoms with E-state index < -0.39 is 20.4 Å². The fourth-order valence-electron chi connectivity index (χ4n) is 12.1. The van der Waals surface area contributed by atoms with Gasteiger partial charge in [0, 0.05) is 8.86 Å². The summed E-state index contributed by atoms with van der Waals surface area (Å²) in [6.07, 6.45) is 24.7. The third-order valence-electron chi connectivity index (χ3n) is 14.8. The van der Waals surface area contributed by atoms with E-state index in [1.807, 2.05) is 0 Å². The quantitative estimate of drug-likeness (QED) is 0.105. The molecule has 0 amide bonds. The van der Waals surface area contributed by atoms with Crippen molar-refractivity contribution in [2.24, 2.45) is 59.2 Å². The standard InChI is InChI=1S/C42H72I4O4/c1-29-4-11-33(12-5-29)34-14-9-32(20-41(49,24-34)28-46-3)8-7-31-10-15-35(21-39(47,19-31)26-43)36-16-17-37(23-40(48,22-36)27-44)38-13-6-30(2)18-42(45,50)25-38/h28-38,47-50H,4-27H2,1-3H3. The van der Waals surface area contributed by atoms with E-state index in [2.05, 4.69) is 90.6 Å². The third-order valence-corrected chi connectivity index (χ3v) is 20.3. The average molecular weight is 1150 g/mol. The summed E-state index contributed by atoms with van der Waals surface area (Å²) in [6.45, 7) is 4.71. The van der Waals surface area contributed by atoms with Crippen molar-refractivity contribution in [2.45, 2.75) is 176 Å². The van der Waals surface area contributed by atoms with Gasteiger partial charge in [-0.1, -0.05) is 104 Å². The molecule has 0 saturated heterocycles. The monoisotopic (exact) mass is 1150 g/mol. The van der Waals surface area contributed by atoms with Gasteiger partial charge in [0.15, 0.2) is 0 Å². The Hall–Kier alpha value is 2.63.